The Balaban J connectivity index is 1.52. The summed E-state index contributed by atoms with van der Waals surface area (Å²) in [6, 6.07) is 21.8. The maximum Gasteiger partial charge on any atom is 0.259 e. The molecule has 1 heterocycles. The Hall–Kier alpha value is -4.59. The molecule has 4 aromatic rings. The van der Waals surface area contributed by atoms with Gasteiger partial charge in [-0.05, 0) is 54.6 Å². The van der Waals surface area contributed by atoms with Crippen LogP contribution >= 0.6 is 0 Å². The molecule has 0 fully saturated rings. The molecule has 0 unspecified atom stereocenters. The second kappa shape index (κ2) is 10.4. The van der Waals surface area contributed by atoms with Gasteiger partial charge in [0.1, 0.15) is 5.75 Å². The molecule has 0 saturated carbocycles. The number of carbonyl (C=O) groups excluding carboxylic acids is 1. The predicted molar refractivity (Wildman–Crippen MR) is 131 cm³/mol. The second-order valence-electron chi connectivity index (χ2n) is 7.20. The van der Waals surface area contributed by atoms with Gasteiger partial charge >= 0.3 is 0 Å². The quantitative estimate of drug-likeness (QED) is 0.378. The summed E-state index contributed by atoms with van der Waals surface area (Å²) in [4.78, 5) is 21.6. The number of amides is 1. The molecule has 0 saturated heterocycles. The van der Waals surface area contributed by atoms with Gasteiger partial charge in [0.15, 0.2) is 11.5 Å². The zero-order valence-corrected chi connectivity index (χ0v) is 19.0. The molecule has 0 aliphatic heterocycles. The van der Waals surface area contributed by atoms with Crippen LogP contribution in [0.5, 0.6) is 17.2 Å². The van der Waals surface area contributed by atoms with Gasteiger partial charge in [-0.15, -0.1) is 0 Å². The van der Waals surface area contributed by atoms with Crippen LogP contribution in [0.2, 0.25) is 0 Å². The third-order valence-corrected chi connectivity index (χ3v) is 5.06. The van der Waals surface area contributed by atoms with Crippen LogP contribution in [0, 0.1) is 0 Å². The van der Waals surface area contributed by atoms with Crippen molar-refractivity contribution in [3.8, 4) is 28.5 Å². The van der Waals surface area contributed by atoms with Crippen molar-refractivity contribution in [2.24, 2.45) is 0 Å². The first kappa shape index (κ1) is 22.6. The average molecular weight is 457 g/mol. The van der Waals surface area contributed by atoms with E-state index in [0.29, 0.717) is 34.4 Å². The number of benzene rings is 3. The van der Waals surface area contributed by atoms with Gasteiger partial charge < -0.3 is 24.8 Å². The number of para-hydroxylation sites is 1. The predicted octanol–water partition coefficient (Wildman–Crippen LogP) is 5.17. The van der Waals surface area contributed by atoms with E-state index in [4.69, 9.17) is 14.2 Å². The summed E-state index contributed by atoms with van der Waals surface area (Å²) in [5.41, 5.74) is 3.38. The molecule has 8 heteroatoms. The molecule has 0 bridgehead atoms. The van der Waals surface area contributed by atoms with E-state index in [-0.39, 0.29) is 5.91 Å². The van der Waals surface area contributed by atoms with Gasteiger partial charge in [0.05, 0.1) is 32.6 Å². The van der Waals surface area contributed by atoms with Crippen LogP contribution in [-0.2, 0) is 0 Å². The molecule has 0 spiro atoms. The van der Waals surface area contributed by atoms with Gasteiger partial charge in [-0.2, -0.15) is 0 Å². The Morgan fingerprint density at radius 1 is 0.765 bits per heavy atom. The monoisotopic (exact) mass is 456 g/mol. The molecule has 0 atom stereocenters. The van der Waals surface area contributed by atoms with E-state index in [1.807, 2.05) is 42.5 Å². The summed E-state index contributed by atoms with van der Waals surface area (Å²) in [5.74, 6) is 1.92. The van der Waals surface area contributed by atoms with E-state index < -0.39 is 0 Å². The van der Waals surface area contributed by atoms with Gasteiger partial charge in [-0.3, -0.25) is 4.79 Å². The standard InChI is InChI=1S/C26H24N4O4/c1-32-22-10-5-4-9-20(22)25(31)28-18-7-6-8-19(16-18)29-26-27-14-13-21(30-26)17-11-12-23(33-2)24(15-17)34-3/h4-16H,1-3H3,(H,28,31)(H,27,29,30). The first-order chi connectivity index (χ1) is 16.6. The highest BCUT2D eigenvalue weighted by molar-refractivity contribution is 6.06. The minimum atomic E-state index is -0.263. The highest BCUT2D eigenvalue weighted by Crippen LogP contribution is 2.32. The molecule has 34 heavy (non-hydrogen) atoms. The molecule has 0 radical (unpaired) electrons. The number of hydrogen-bond donors (Lipinski definition) is 2. The van der Waals surface area contributed by atoms with Crippen molar-refractivity contribution < 1.29 is 19.0 Å². The van der Waals surface area contributed by atoms with Crippen LogP contribution in [0.25, 0.3) is 11.3 Å². The zero-order chi connectivity index (χ0) is 23.9. The maximum absolute atomic E-state index is 12.7. The van der Waals surface area contributed by atoms with Crippen molar-refractivity contribution in [3.63, 3.8) is 0 Å². The van der Waals surface area contributed by atoms with Gasteiger partial charge in [-0.1, -0.05) is 18.2 Å². The van der Waals surface area contributed by atoms with Gasteiger partial charge in [-0.25, -0.2) is 9.97 Å². The summed E-state index contributed by atoms with van der Waals surface area (Å²) < 4.78 is 16.0. The number of rotatable bonds is 8. The normalized spacial score (nSPS) is 10.3. The number of carbonyl (C=O) groups is 1. The Morgan fingerprint density at radius 3 is 2.32 bits per heavy atom. The average Bonchev–Trinajstić information content (AvgIpc) is 2.88. The van der Waals surface area contributed by atoms with Gasteiger partial charge in [0.25, 0.3) is 5.91 Å². The van der Waals surface area contributed by atoms with E-state index in [1.165, 1.54) is 7.11 Å². The lowest BCUT2D eigenvalue weighted by molar-refractivity contribution is 0.102. The molecular weight excluding hydrogens is 432 g/mol. The van der Waals surface area contributed by atoms with Crippen LogP contribution in [0.4, 0.5) is 17.3 Å². The van der Waals surface area contributed by atoms with Crippen molar-refractivity contribution in [2.75, 3.05) is 32.0 Å². The minimum absolute atomic E-state index is 0.263. The first-order valence-electron chi connectivity index (χ1n) is 10.5. The lowest BCUT2D eigenvalue weighted by Crippen LogP contribution is -2.13. The SMILES string of the molecule is COc1ccc(-c2ccnc(Nc3cccc(NC(=O)c4ccccc4OC)c3)n2)cc1OC. The molecule has 1 amide bonds. The summed E-state index contributed by atoms with van der Waals surface area (Å²) in [5, 5.41) is 6.08. The van der Waals surface area contributed by atoms with Crippen molar-refractivity contribution in [1.82, 2.24) is 9.97 Å². The minimum Gasteiger partial charge on any atom is -0.496 e. The lowest BCUT2D eigenvalue weighted by atomic mass is 10.1. The first-order valence-corrected chi connectivity index (χ1v) is 10.5. The van der Waals surface area contributed by atoms with E-state index in [9.17, 15) is 4.79 Å². The van der Waals surface area contributed by atoms with E-state index in [2.05, 4.69) is 20.6 Å². The number of aromatic nitrogens is 2. The third-order valence-electron chi connectivity index (χ3n) is 5.06. The molecule has 0 aliphatic carbocycles. The highest BCUT2D eigenvalue weighted by Gasteiger charge is 2.12. The molecule has 2 N–H and O–H groups in total. The van der Waals surface area contributed by atoms with E-state index in [0.717, 1.165) is 16.9 Å². The number of hydrogen-bond acceptors (Lipinski definition) is 7. The smallest absolute Gasteiger partial charge is 0.259 e. The fourth-order valence-corrected chi connectivity index (χ4v) is 3.41. The fourth-order valence-electron chi connectivity index (χ4n) is 3.41. The number of methoxy groups -OCH3 is 3. The summed E-state index contributed by atoms with van der Waals surface area (Å²) in [6.07, 6.45) is 1.68. The molecular formula is C26H24N4O4. The van der Waals surface area contributed by atoms with Crippen LogP contribution in [0.15, 0.2) is 79.0 Å². The van der Waals surface area contributed by atoms with E-state index >= 15 is 0 Å². The molecule has 3 aromatic carbocycles. The number of anilines is 3. The third kappa shape index (κ3) is 5.07. The molecule has 0 aliphatic rings. The Bertz CT molecular complexity index is 1310. The second-order valence-corrected chi connectivity index (χ2v) is 7.20. The molecule has 172 valence electrons. The van der Waals surface area contributed by atoms with Crippen LogP contribution < -0.4 is 24.8 Å². The summed E-state index contributed by atoms with van der Waals surface area (Å²) in [7, 11) is 4.72. The van der Waals surface area contributed by atoms with Crippen molar-refractivity contribution in [2.45, 2.75) is 0 Å². The van der Waals surface area contributed by atoms with Crippen LogP contribution in [0.3, 0.4) is 0 Å². The lowest BCUT2D eigenvalue weighted by Gasteiger charge is -2.12. The van der Waals surface area contributed by atoms with Gasteiger partial charge in [0.2, 0.25) is 5.95 Å². The van der Waals surface area contributed by atoms with Crippen molar-refractivity contribution in [1.29, 1.82) is 0 Å². The van der Waals surface area contributed by atoms with Gasteiger partial charge in [0, 0.05) is 23.1 Å². The molecule has 1 aromatic heterocycles. The Morgan fingerprint density at radius 2 is 1.53 bits per heavy atom. The summed E-state index contributed by atoms with van der Waals surface area (Å²) >= 11 is 0. The van der Waals surface area contributed by atoms with Crippen LogP contribution in [0.1, 0.15) is 10.4 Å². The number of nitrogens with one attached hydrogen (secondary N) is 2. The summed E-state index contributed by atoms with van der Waals surface area (Å²) in [6.45, 7) is 0. The number of nitrogens with zero attached hydrogens (tertiary/aromatic N) is 2. The molecule has 4 rings (SSSR count). The van der Waals surface area contributed by atoms with Crippen molar-refractivity contribution >= 4 is 23.2 Å². The topological polar surface area (TPSA) is 94.6 Å². The van der Waals surface area contributed by atoms with Crippen LogP contribution in [-0.4, -0.2) is 37.2 Å². The van der Waals surface area contributed by atoms with Crippen molar-refractivity contribution in [3.05, 3.63) is 84.6 Å². The maximum atomic E-state index is 12.7. The highest BCUT2D eigenvalue weighted by atomic mass is 16.5. The fraction of sp³-hybridized carbons (Fsp3) is 0.115. The zero-order valence-electron chi connectivity index (χ0n) is 19.0. The largest absolute Gasteiger partial charge is 0.496 e. The number of ether oxygens (including phenoxy) is 3. The Labute approximate surface area is 197 Å². The Kier molecular flexibility index (Phi) is 6.88. The van der Waals surface area contributed by atoms with E-state index in [1.54, 1.807) is 50.7 Å². The molecule has 8 nitrogen and oxygen atoms in total.